The highest BCUT2D eigenvalue weighted by Gasteiger charge is 2.47. The summed E-state index contributed by atoms with van der Waals surface area (Å²) in [6, 6.07) is 18.7. The number of halogens is 2. The Morgan fingerprint density at radius 1 is 1.00 bits per heavy atom. The zero-order chi connectivity index (χ0) is 23.7. The Hall–Kier alpha value is -3.79. The van der Waals surface area contributed by atoms with E-state index < -0.39 is 17.7 Å². The predicted molar refractivity (Wildman–Crippen MR) is 125 cm³/mol. The van der Waals surface area contributed by atoms with Crippen molar-refractivity contribution in [2.24, 2.45) is 0 Å². The van der Waals surface area contributed by atoms with Crippen molar-refractivity contribution in [1.29, 1.82) is 5.26 Å². The fourth-order valence-corrected chi connectivity index (χ4v) is 3.99. The van der Waals surface area contributed by atoms with Gasteiger partial charge < -0.3 is 9.84 Å². The summed E-state index contributed by atoms with van der Waals surface area (Å²) in [5, 5.41) is 20.7. The van der Waals surface area contributed by atoms with Crippen molar-refractivity contribution in [3.63, 3.8) is 0 Å². The first-order chi connectivity index (χ1) is 15.8. The number of aliphatic hydroxyl groups is 1. The number of rotatable bonds is 4. The molecule has 1 atom stereocenters. The Kier molecular flexibility index (Phi) is 6.10. The van der Waals surface area contributed by atoms with E-state index in [1.807, 2.05) is 6.07 Å². The van der Waals surface area contributed by atoms with Gasteiger partial charge in [0.15, 0.2) is 0 Å². The number of hydrogen-bond donors (Lipinski definition) is 1. The molecule has 1 unspecified atom stereocenters. The average Bonchev–Trinajstić information content (AvgIpc) is 3.10. The van der Waals surface area contributed by atoms with Gasteiger partial charge in [-0.3, -0.25) is 14.5 Å². The van der Waals surface area contributed by atoms with E-state index in [1.54, 1.807) is 48.5 Å². The quantitative estimate of drug-likeness (QED) is 0.303. The van der Waals surface area contributed by atoms with Crippen LogP contribution in [-0.2, 0) is 9.59 Å². The van der Waals surface area contributed by atoms with Crippen LogP contribution in [0.2, 0.25) is 10.0 Å². The van der Waals surface area contributed by atoms with Crippen LogP contribution in [0, 0.1) is 11.3 Å². The molecule has 8 heteroatoms. The molecule has 6 nitrogen and oxygen atoms in total. The lowest BCUT2D eigenvalue weighted by atomic mass is 9.95. The first kappa shape index (κ1) is 22.4. The lowest BCUT2D eigenvalue weighted by Gasteiger charge is -2.25. The molecular formula is C25H16Cl2N2O4. The standard InChI is InChI=1S/C25H16Cl2N2O4/c1-33-18-9-4-15(5-10-18)22-21(23(30)16-6-11-19(26)20(27)12-16)24(31)25(32)29(22)17-7-2-14(13-28)3-8-17/h2-12,22,30H,1H3/b23-21-. The summed E-state index contributed by atoms with van der Waals surface area (Å²) in [6.07, 6.45) is 0. The van der Waals surface area contributed by atoms with Crippen LogP contribution in [0.25, 0.3) is 5.76 Å². The third-order valence-corrected chi connectivity index (χ3v) is 6.08. The molecule has 0 saturated carbocycles. The second-order valence-electron chi connectivity index (χ2n) is 7.23. The largest absolute Gasteiger partial charge is 0.507 e. The molecule has 1 aliphatic rings. The molecule has 1 N–H and O–H groups in total. The van der Waals surface area contributed by atoms with Crippen LogP contribution in [0.5, 0.6) is 5.75 Å². The number of aliphatic hydroxyl groups excluding tert-OH is 1. The minimum Gasteiger partial charge on any atom is -0.507 e. The minimum atomic E-state index is -0.918. The van der Waals surface area contributed by atoms with Gasteiger partial charge in [-0.1, -0.05) is 35.3 Å². The van der Waals surface area contributed by atoms with E-state index in [1.165, 1.54) is 30.2 Å². The fourth-order valence-electron chi connectivity index (χ4n) is 3.70. The molecule has 4 rings (SSSR count). The molecule has 33 heavy (non-hydrogen) atoms. The highest BCUT2D eigenvalue weighted by Crippen LogP contribution is 2.43. The van der Waals surface area contributed by atoms with Crippen LogP contribution in [0.4, 0.5) is 5.69 Å². The number of anilines is 1. The Balaban J connectivity index is 1.93. The zero-order valence-corrected chi connectivity index (χ0v) is 18.8. The van der Waals surface area contributed by atoms with Gasteiger partial charge in [-0.15, -0.1) is 0 Å². The molecule has 1 amide bonds. The summed E-state index contributed by atoms with van der Waals surface area (Å²) in [7, 11) is 1.53. The van der Waals surface area contributed by atoms with Crippen molar-refractivity contribution in [3.05, 3.63) is 99.0 Å². The van der Waals surface area contributed by atoms with Gasteiger partial charge in [-0.05, 0) is 60.2 Å². The second-order valence-corrected chi connectivity index (χ2v) is 8.04. The Morgan fingerprint density at radius 3 is 2.24 bits per heavy atom. The molecule has 3 aromatic carbocycles. The SMILES string of the molecule is COc1ccc(C2/C(=C(/O)c3ccc(Cl)c(Cl)c3)C(=O)C(=O)N2c2ccc(C#N)cc2)cc1. The maximum atomic E-state index is 13.1. The number of hydrogen-bond acceptors (Lipinski definition) is 5. The van der Waals surface area contributed by atoms with E-state index in [0.717, 1.165) is 0 Å². The minimum absolute atomic E-state index is 0.0899. The summed E-state index contributed by atoms with van der Waals surface area (Å²) in [5.41, 5.74) is 1.56. The smallest absolute Gasteiger partial charge is 0.300 e. The van der Waals surface area contributed by atoms with Gasteiger partial charge in [-0.2, -0.15) is 5.26 Å². The van der Waals surface area contributed by atoms with Crippen molar-refractivity contribution in [3.8, 4) is 11.8 Å². The molecule has 0 bridgehead atoms. The van der Waals surface area contributed by atoms with Crippen molar-refractivity contribution in [2.75, 3.05) is 12.0 Å². The van der Waals surface area contributed by atoms with Crippen LogP contribution < -0.4 is 9.64 Å². The lowest BCUT2D eigenvalue weighted by molar-refractivity contribution is -0.132. The fraction of sp³-hybridized carbons (Fsp3) is 0.0800. The number of carbonyl (C=O) groups excluding carboxylic acids is 2. The van der Waals surface area contributed by atoms with Gasteiger partial charge in [0.1, 0.15) is 11.5 Å². The summed E-state index contributed by atoms with van der Waals surface area (Å²) in [6.45, 7) is 0. The lowest BCUT2D eigenvalue weighted by Crippen LogP contribution is -2.29. The summed E-state index contributed by atoms with van der Waals surface area (Å²) in [4.78, 5) is 27.6. The average molecular weight is 479 g/mol. The molecule has 164 valence electrons. The second kappa shape index (κ2) is 8.99. The number of Topliss-reactive ketones (excluding diaryl/α,β-unsaturated/α-hetero) is 1. The molecule has 1 aliphatic heterocycles. The van der Waals surface area contributed by atoms with Gasteiger partial charge in [0.25, 0.3) is 11.7 Å². The number of nitrogens with zero attached hydrogens (tertiary/aromatic N) is 2. The van der Waals surface area contributed by atoms with Crippen LogP contribution in [0.15, 0.2) is 72.3 Å². The summed E-state index contributed by atoms with van der Waals surface area (Å²) in [5.74, 6) is -1.42. The number of amides is 1. The monoisotopic (exact) mass is 478 g/mol. The highest BCUT2D eigenvalue weighted by atomic mass is 35.5. The number of methoxy groups -OCH3 is 1. The number of ether oxygens (including phenoxy) is 1. The summed E-state index contributed by atoms with van der Waals surface area (Å²) < 4.78 is 5.21. The molecule has 1 saturated heterocycles. The van der Waals surface area contributed by atoms with Gasteiger partial charge in [0.2, 0.25) is 0 Å². The van der Waals surface area contributed by atoms with Crippen LogP contribution in [-0.4, -0.2) is 23.9 Å². The van der Waals surface area contributed by atoms with Crippen molar-refractivity contribution in [1.82, 2.24) is 0 Å². The first-order valence-electron chi connectivity index (χ1n) is 9.76. The third-order valence-electron chi connectivity index (χ3n) is 5.34. The number of nitriles is 1. The topological polar surface area (TPSA) is 90.6 Å². The van der Waals surface area contributed by atoms with Gasteiger partial charge >= 0.3 is 0 Å². The van der Waals surface area contributed by atoms with Crippen LogP contribution >= 0.6 is 23.2 Å². The molecule has 1 heterocycles. The third kappa shape index (κ3) is 4.05. The highest BCUT2D eigenvalue weighted by molar-refractivity contribution is 6.51. The summed E-state index contributed by atoms with van der Waals surface area (Å²) >= 11 is 12.1. The van der Waals surface area contributed by atoms with Crippen molar-refractivity contribution in [2.45, 2.75) is 6.04 Å². The van der Waals surface area contributed by atoms with E-state index in [-0.39, 0.29) is 26.9 Å². The maximum absolute atomic E-state index is 13.1. The molecule has 0 spiro atoms. The van der Waals surface area contributed by atoms with E-state index in [9.17, 15) is 14.7 Å². The molecule has 0 aliphatic carbocycles. The molecular weight excluding hydrogens is 463 g/mol. The molecule has 1 fully saturated rings. The Bertz CT molecular complexity index is 1330. The van der Waals surface area contributed by atoms with E-state index in [0.29, 0.717) is 22.6 Å². The van der Waals surface area contributed by atoms with Gasteiger partial charge in [0.05, 0.1) is 40.4 Å². The van der Waals surface area contributed by atoms with Crippen molar-refractivity contribution >= 4 is 46.3 Å². The van der Waals surface area contributed by atoms with Crippen molar-refractivity contribution < 1.29 is 19.4 Å². The number of ketones is 1. The Morgan fingerprint density at radius 2 is 1.67 bits per heavy atom. The van der Waals surface area contributed by atoms with E-state index in [4.69, 9.17) is 33.2 Å². The van der Waals surface area contributed by atoms with Gasteiger partial charge in [-0.25, -0.2) is 0 Å². The van der Waals surface area contributed by atoms with Gasteiger partial charge in [0, 0.05) is 11.3 Å². The zero-order valence-electron chi connectivity index (χ0n) is 17.3. The predicted octanol–water partition coefficient (Wildman–Crippen LogP) is 5.50. The maximum Gasteiger partial charge on any atom is 0.300 e. The van der Waals surface area contributed by atoms with Crippen LogP contribution in [0.3, 0.4) is 0 Å². The Labute approximate surface area is 199 Å². The number of carbonyl (C=O) groups is 2. The van der Waals surface area contributed by atoms with E-state index >= 15 is 0 Å². The number of benzene rings is 3. The van der Waals surface area contributed by atoms with E-state index in [2.05, 4.69) is 0 Å². The molecule has 3 aromatic rings. The first-order valence-corrected chi connectivity index (χ1v) is 10.5. The molecule has 0 aromatic heterocycles. The van der Waals surface area contributed by atoms with Crippen LogP contribution in [0.1, 0.15) is 22.7 Å². The molecule has 0 radical (unpaired) electrons. The normalized spacial score (nSPS) is 17.2.